The van der Waals surface area contributed by atoms with E-state index in [1.165, 1.54) is 12.4 Å². The van der Waals surface area contributed by atoms with Crippen molar-refractivity contribution in [3.63, 3.8) is 0 Å². The minimum atomic E-state index is -0.308. The van der Waals surface area contributed by atoms with E-state index in [0.717, 1.165) is 0 Å². The van der Waals surface area contributed by atoms with Gasteiger partial charge in [-0.2, -0.15) is 0 Å². The molecule has 0 aliphatic heterocycles. The second-order valence-corrected chi connectivity index (χ2v) is 2.72. The Morgan fingerprint density at radius 1 is 1.57 bits per heavy atom. The number of hydrogen-bond donors (Lipinski definition) is 1. The number of amides is 1. The maximum Gasteiger partial charge on any atom is 0.272 e. The Morgan fingerprint density at radius 3 is 2.93 bits per heavy atom. The third-order valence-corrected chi connectivity index (χ3v) is 1.56. The van der Waals surface area contributed by atoms with Gasteiger partial charge in [0.25, 0.3) is 5.91 Å². The predicted molar refractivity (Wildman–Crippen MR) is 52.8 cm³/mol. The first-order valence-electron chi connectivity index (χ1n) is 3.89. The highest BCUT2D eigenvalue weighted by Gasteiger charge is 2.05. The van der Waals surface area contributed by atoms with Gasteiger partial charge >= 0.3 is 0 Å². The van der Waals surface area contributed by atoms with E-state index in [4.69, 9.17) is 11.6 Å². The molecule has 0 spiro atoms. The van der Waals surface area contributed by atoms with Crippen LogP contribution in [0.1, 0.15) is 17.4 Å². The summed E-state index contributed by atoms with van der Waals surface area (Å²) in [5.74, 6) is 5.06. The average molecular weight is 210 g/mol. The normalized spacial score (nSPS) is 8.71. The predicted octanol–water partition coefficient (Wildman–Crippen LogP) is 0.883. The molecule has 0 fully saturated rings. The second-order valence-electron chi connectivity index (χ2n) is 2.33. The van der Waals surface area contributed by atoms with Gasteiger partial charge in [0.1, 0.15) is 10.8 Å². The summed E-state index contributed by atoms with van der Waals surface area (Å²) >= 11 is 5.52. The fourth-order valence-electron chi connectivity index (χ4n) is 0.733. The molecule has 5 heteroatoms. The molecule has 0 unspecified atom stereocenters. The highest BCUT2D eigenvalue weighted by atomic mass is 35.5. The van der Waals surface area contributed by atoms with E-state index in [-0.39, 0.29) is 16.8 Å². The van der Waals surface area contributed by atoms with Crippen molar-refractivity contribution in [3.8, 4) is 11.8 Å². The largest absolute Gasteiger partial charge is 0.340 e. The second kappa shape index (κ2) is 5.20. The van der Waals surface area contributed by atoms with Gasteiger partial charge < -0.3 is 5.32 Å². The first-order chi connectivity index (χ1) is 6.74. The maximum absolute atomic E-state index is 11.3. The summed E-state index contributed by atoms with van der Waals surface area (Å²) in [6.07, 6.45) is 2.64. The molecular weight excluding hydrogens is 202 g/mol. The van der Waals surface area contributed by atoms with E-state index in [1.54, 1.807) is 6.92 Å². The molecule has 1 aromatic heterocycles. The lowest BCUT2D eigenvalue weighted by Gasteiger charge is -1.99. The summed E-state index contributed by atoms with van der Waals surface area (Å²) in [4.78, 5) is 18.8. The zero-order valence-electron chi connectivity index (χ0n) is 7.54. The molecule has 0 aliphatic carbocycles. The smallest absolute Gasteiger partial charge is 0.272 e. The summed E-state index contributed by atoms with van der Waals surface area (Å²) in [6.45, 7) is 2.01. The van der Waals surface area contributed by atoms with Crippen LogP contribution in [0.4, 0.5) is 0 Å². The van der Waals surface area contributed by atoms with Crippen molar-refractivity contribution in [2.75, 3.05) is 6.54 Å². The van der Waals surface area contributed by atoms with Crippen LogP contribution in [0.25, 0.3) is 0 Å². The van der Waals surface area contributed by atoms with E-state index >= 15 is 0 Å². The Bertz CT molecular complexity index is 377. The average Bonchev–Trinajstić information content (AvgIpc) is 2.19. The fraction of sp³-hybridized carbons (Fsp3) is 0.222. The summed E-state index contributed by atoms with van der Waals surface area (Å²) in [5, 5.41) is 2.82. The lowest BCUT2D eigenvalue weighted by molar-refractivity contribution is 0.0953. The summed E-state index contributed by atoms with van der Waals surface area (Å²) in [7, 11) is 0. The Labute approximate surface area is 86.7 Å². The van der Waals surface area contributed by atoms with E-state index in [9.17, 15) is 4.79 Å². The summed E-state index contributed by atoms with van der Waals surface area (Å²) < 4.78 is 0. The summed E-state index contributed by atoms with van der Waals surface area (Å²) in [5.41, 5.74) is 0.229. The quantitative estimate of drug-likeness (QED) is 0.736. The van der Waals surface area contributed by atoms with Gasteiger partial charge in [-0.1, -0.05) is 17.5 Å². The van der Waals surface area contributed by atoms with Crippen LogP contribution in [0.2, 0.25) is 5.15 Å². The molecule has 1 amide bonds. The van der Waals surface area contributed by atoms with Crippen LogP contribution in [-0.2, 0) is 0 Å². The minimum Gasteiger partial charge on any atom is -0.340 e. The van der Waals surface area contributed by atoms with Crippen molar-refractivity contribution in [1.29, 1.82) is 0 Å². The Kier molecular flexibility index (Phi) is 3.89. The lowest BCUT2D eigenvalue weighted by atomic mass is 10.4. The number of nitrogens with zero attached hydrogens (tertiary/aromatic N) is 2. The fourth-order valence-corrected chi connectivity index (χ4v) is 0.831. The molecule has 0 bridgehead atoms. The summed E-state index contributed by atoms with van der Waals surface area (Å²) in [6, 6.07) is 0. The lowest BCUT2D eigenvalue weighted by Crippen LogP contribution is -2.24. The van der Waals surface area contributed by atoms with Crippen LogP contribution in [0, 0.1) is 11.8 Å². The molecular formula is C9H8ClN3O. The van der Waals surface area contributed by atoms with Crippen LogP contribution in [0.5, 0.6) is 0 Å². The van der Waals surface area contributed by atoms with E-state index in [0.29, 0.717) is 6.54 Å². The van der Waals surface area contributed by atoms with Crippen molar-refractivity contribution in [2.24, 2.45) is 0 Å². The van der Waals surface area contributed by atoms with Crippen LogP contribution >= 0.6 is 11.6 Å². The number of nitrogens with one attached hydrogen (secondary N) is 1. The first kappa shape index (κ1) is 10.5. The van der Waals surface area contributed by atoms with Crippen LogP contribution in [0.15, 0.2) is 12.4 Å². The number of halogens is 1. The van der Waals surface area contributed by atoms with Crippen molar-refractivity contribution < 1.29 is 4.79 Å². The molecule has 1 N–H and O–H groups in total. The zero-order chi connectivity index (χ0) is 10.4. The van der Waals surface area contributed by atoms with Crippen LogP contribution in [0.3, 0.4) is 0 Å². The molecule has 14 heavy (non-hydrogen) atoms. The molecule has 0 atom stereocenters. The minimum absolute atomic E-state index is 0.229. The number of aromatic nitrogens is 2. The van der Waals surface area contributed by atoms with Gasteiger partial charge in [0, 0.05) is 0 Å². The number of rotatable bonds is 2. The van der Waals surface area contributed by atoms with Gasteiger partial charge in [0.2, 0.25) is 0 Å². The molecule has 72 valence electrons. The van der Waals surface area contributed by atoms with Gasteiger partial charge in [-0.15, -0.1) is 5.92 Å². The highest BCUT2D eigenvalue weighted by molar-refractivity contribution is 6.29. The van der Waals surface area contributed by atoms with E-state index in [2.05, 4.69) is 27.1 Å². The monoisotopic (exact) mass is 209 g/mol. The van der Waals surface area contributed by atoms with Crippen molar-refractivity contribution >= 4 is 17.5 Å². The molecule has 4 nitrogen and oxygen atoms in total. The van der Waals surface area contributed by atoms with Crippen LogP contribution < -0.4 is 5.32 Å². The van der Waals surface area contributed by atoms with Gasteiger partial charge in [0.05, 0.1) is 18.9 Å². The third-order valence-electron chi connectivity index (χ3n) is 1.37. The zero-order valence-corrected chi connectivity index (χ0v) is 8.30. The molecule has 0 saturated heterocycles. The third kappa shape index (κ3) is 3.04. The molecule has 0 saturated carbocycles. The maximum atomic E-state index is 11.3. The van der Waals surface area contributed by atoms with Crippen molar-refractivity contribution in [3.05, 3.63) is 23.2 Å². The Hall–Kier alpha value is -1.60. The van der Waals surface area contributed by atoms with Crippen molar-refractivity contribution in [1.82, 2.24) is 15.3 Å². The van der Waals surface area contributed by atoms with E-state index < -0.39 is 0 Å². The molecule has 0 aliphatic rings. The van der Waals surface area contributed by atoms with Gasteiger partial charge in [0.15, 0.2) is 0 Å². The molecule has 0 aromatic carbocycles. The van der Waals surface area contributed by atoms with E-state index in [1.807, 2.05) is 0 Å². The standard InChI is InChI=1S/C9H8ClN3O/c1-2-3-4-11-9(14)7-5-13-8(10)6-12-7/h5-6H,4H2,1H3,(H,11,14). The Morgan fingerprint density at radius 2 is 2.36 bits per heavy atom. The number of carbonyl (C=O) groups is 1. The van der Waals surface area contributed by atoms with Crippen molar-refractivity contribution in [2.45, 2.75) is 6.92 Å². The Balaban J connectivity index is 2.59. The molecule has 1 aromatic rings. The molecule has 0 radical (unpaired) electrons. The number of hydrogen-bond acceptors (Lipinski definition) is 3. The highest BCUT2D eigenvalue weighted by Crippen LogP contribution is 2.00. The molecule has 1 rings (SSSR count). The van der Waals surface area contributed by atoms with Gasteiger partial charge in [-0.3, -0.25) is 4.79 Å². The first-order valence-corrected chi connectivity index (χ1v) is 4.27. The van der Waals surface area contributed by atoms with Gasteiger partial charge in [-0.25, -0.2) is 9.97 Å². The SMILES string of the molecule is CC#CCNC(=O)c1cnc(Cl)cn1. The van der Waals surface area contributed by atoms with Gasteiger partial charge in [-0.05, 0) is 6.92 Å². The molecule has 1 heterocycles. The topological polar surface area (TPSA) is 54.9 Å². The van der Waals surface area contributed by atoms with Crippen LogP contribution in [-0.4, -0.2) is 22.4 Å². The number of carbonyl (C=O) groups excluding carboxylic acids is 1.